The van der Waals surface area contributed by atoms with Gasteiger partial charge >= 0.3 is 0 Å². The quantitative estimate of drug-likeness (QED) is 0.568. The Morgan fingerprint density at radius 2 is 2.07 bits per heavy atom. The van der Waals surface area contributed by atoms with E-state index >= 15 is 0 Å². The van der Waals surface area contributed by atoms with E-state index in [1.807, 2.05) is 18.2 Å². The highest BCUT2D eigenvalue weighted by molar-refractivity contribution is 7.90. The molecule has 0 unspecified atom stereocenters. The average Bonchev–Trinajstić information content (AvgIpc) is 3.01. The van der Waals surface area contributed by atoms with Crippen molar-refractivity contribution in [2.24, 2.45) is 0 Å². The molecule has 6 nitrogen and oxygen atoms in total. The van der Waals surface area contributed by atoms with Gasteiger partial charge in [-0.1, -0.05) is 17.7 Å². The monoisotopic (exact) mass is 435 g/mol. The fraction of sp³-hybridized carbons (Fsp3) is 0.263. The summed E-state index contributed by atoms with van der Waals surface area (Å²) in [6, 6.07) is 12.5. The minimum Gasteiger partial charge on any atom is -0.409 e. The Labute approximate surface area is 173 Å². The van der Waals surface area contributed by atoms with Crippen molar-refractivity contribution >= 4 is 39.3 Å². The van der Waals surface area contributed by atoms with Crippen LogP contribution in [-0.4, -0.2) is 31.0 Å². The first-order valence-electron chi connectivity index (χ1n) is 8.73. The van der Waals surface area contributed by atoms with Crippen LogP contribution in [-0.2, 0) is 22.9 Å². The fourth-order valence-electron chi connectivity index (χ4n) is 3.32. The third-order valence-electron chi connectivity index (χ3n) is 4.68. The summed E-state index contributed by atoms with van der Waals surface area (Å²) in [6.45, 7) is 1.25. The molecular weight excluding hydrogens is 418 g/mol. The maximum absolute atomic E-state index is 11.8. The molecule has 0 radical (unpaired) electrons. The molecule has 0 saturated heterocycles. The van der Waals surface area contributed by atoms with Crippen LogP contribution in [0.2, 0.25) is 5.02 Å². The Morgan fingerprint density at radius 1 is 1.25 bits per heavy atom. The molecule has 0 N–H and O–H groups in total. The maximum atomic E-state index is 11.8. The molecule has 1 aromatic heterocycles. The van der Waals surface area contributed by atoms with Crippen LogP contribution in [0.1, 0.15) is 12.0 Å². The van der Waals surface area contributed by atoms with E-state index in [9.17, 15) is 8.42 Å². The first-order valence-corrected chi connectivity index (χ1v) is 11.4. The number of benzene rings is 2. The Balaban J connectivity index is 1.64. The minimum absolute atomic E-state index is 0.273. The second-order valence-electron chi connectivity index (χ2n) is 6.75. The van der Waals surface area contributed by atoms with Gasteiger partial charge in [0.2, 0.25) is 5.89 Å². The van der Waals surface area contributed by atoms with Crippen LogP contribution in [0.15, 0.2) is 51.8 Å². The van der Waals surface area contributed by atoms with Gasteiger partial charge in [-0.15, -0.1) is 5.10 Å². The molecular formula is C19H18ClN3O3S2. The Morgan fingerprint density at radius 3 is 2.82 bits per heavy atom. The van der Waals surface area contributed by atoms with Gasteiger partial charge in [0.1, 0.15) is 6.67 Å². The molecule has 3 aromatic rings. The van der Waals surface area contributed by atoms with Crippen LogP contribution in [0, 0.1) is 4.84 Å². The van der Waals surface area contributed by atoms with Crippen molar-refractivity contribution in [1.29, 1.82) is 0 Å². The van der Waals surface area contributed by atoms with E-state index in [1.54, 1.807) is 28.9 Å². The number of aryl methyl sites for hydroxylation is 1. The molecule has 146 valence electrons. The van der Waals surface area contributed by atoms with Gasteiger partial charge in [0.25, 0.3) is 4.84 Å². The topological polar surface area (TPSA) is 68.3 Å². The largest absolute Gasteiger partial charge is 0.409 e. The molecule has 0 spiro atoms. The van der Waals surface area contributed by atoms with E-state index in [0.29, 0.717) is 22.5 Å². The second kappa shape index (κ2) is 7.35. The molecule has 0 bridgehead atoms. The standard InChI is InChI=1S/C19H18ClN3O3S2/c1-28(24,25)16-7-8-17-13(11-16)5-3-9-22(17)12-23-19(27)26-18(21-23)14-4-2-6-15(20)10-14/h2,4,6-8,10-11H,3,5,9,12H2,1H3. The number of aromatic nitrogens is 2. The van der Waals surface area contributed by atoms with Crippen molar-refractivity contribution in [3.63, 3.8) is 0 Å². The molecule has 1 aliphatic rings. The smallest absolute Gasteiger partial charge is 0.289 e. The van der Waals surface area contributed by atoms with Crippen molar-refractivity contribution < 1.29 is 12.8 Å². The lowest BCUT2D eigenvalue weighted by molar-refractivity contribution is 0.494. The van der Waals surface area contributed by atoms with Gasteiger partial charge in [0.15, 0.2) is 9.84 Å². The van der Waals surface area contributed by atoms with Crippen LogP contribution in [0.3, 0.4) is 0 Å². The highest BCUT2D eigenvalue weighted by Gasteiger charge is 2.21. The van der Waals surface area contributed by atoms with Gasteiger partial charge < -0.3 is 9.32 Å². The van der Waals surface area contributed by atoms with Crippen molar-refractivity contribution in [3.8, 4) is 11.5 Å². The number of halogens is 1. The molecule has 2 aromatic carbocycles. The normalized spacial score (nSPS) is 14.1. The maximum Gasteiger partial charge on any atom is 0.289 e. The Kier molecular flexibility index (Phi) is 5.03. The predicted molar refractivity (Wildman–Crippen MR) is 111 cm³/mol. The van der Waals surface area contributed by atoms with Crippen molar-refractivity contribution in [2.45, 2.75) is 24.4 Å². The van der Waals surface area contributed by atoms with Gasteiger partial charge in [0, 0.05) is 29.1 Å². The number of hydrogen-bond acceptors (Lipinski definition) is 6. The summed E-state index contributed by atoms with van der Waals surface area (Å²) in [5.74, 6) is 0.414. The molecule has 0 aliphatic carbocycles. The fourth-order valence-corrected chi connectivity index (χ4v) is 4.36. The minimum atomic E-state index is -3.23. The van der Waals surface area contributed by atoms with Gasteiger partial charge in [0.05, 0.1) is 4.90 Å². The third kappa shape index (κ3) is 3.85. The zero-order valence-electron chi connectivity index (χ0n) is 15.1. The van der Waals surface area contributed by atoms with E-state index in [4.69, 9.17) is 28.2 Å². The highest BCUT2D eigenvalue weighted by atomic mass is 35.5. The molecule has 0 saturated carbocycles. The summed E-state index contributed by atoms with van der Waals surface area (Å²) in [6.07, 6.45) is 2.99. The summed E-state index contributed by atoms with van der Waals surface area (Å²) in [7, 11) is -3.23. The van der Waals surface area contributed by atoms with Gasteiger partial charge in [-0.05, 0) is 67.0 Å². The Bertz CT molecular complexity index is 1200. The molecule has 28 heavy (non-hydrogen) atoms. The number of sulfone groups is 1. The summed E-state index contributed by atoms with van der Waals surface area (Å²) in [4.78, 5) is 2.74. The molecule has 9 heteroatoms. The number of rotatable bonds is 4. The van der Waals surface area contributed by atoms with Crippen molar-refractivity contribution in [2.75, 3.05) is 17.7 Å². The molecule has 0 atom stereocenters. The van der Waals surface area contributed by atoms with Gasteiger partial charge in [-0.3, -0.25) is 0 Å². The van der Waals surface area contributed by atoms with Gasteiger partial charge in [-0.25, -0.2) is 13.1 Å². The second-order valence-corrected chi connectivity index (χ2v) is 9.56. The van der Waals surface area contributed by atoms with E-state index in [2.05, 4.69) is 10.00 Å². The summed E-state index contributed by atoms with van der Waals surface area (Å²) in [5.41, 5.74) is 2.77. The lowest BCUT2D eigenvalue weighted by atomic mass is 10.0. The van der Waals surface area contributed by atoms with Crippen LogP contribution in [0.25, 0.3) is 11.5 Å². The molecule has 2 heterocycles. The lowest BCUT2D eigenvalue weighted by Gasteiger charge is -2.31. The number of fused-ring (bicyclic) bond motifs is 1. The van der Waals surface area contributed by atoms with Crippen molar-refractivity contribution in [1.82, 2.24) is 9.78 Å². The van der Waals surface area contributed by atoms with E-state index in [1.165, 1.54) is 6.26 Å². The van der Waals surface area contributed by atoms with Gasteiger partial charge in [-0.2, -0.15) is 0 Å². The molecule has 0 fully saturated rings. The van der Waals surface area contributed by atoms with E-state index < -0.39 is 9.84 Å². The first-order chi connectivity index (χ1) is 13.3. The summed E-state index contributed by atoms with van der Waals surface area (Å²) in [5, 5.41) is 5.09. The summed E-state index contributed by atoms with van der Waals surface area (Å²) < 4.78 is 30.9. The number of hydrogen-bond donors (Lipinski definition) is 0. The van der Waals surface area contributed by atoms with Crippen molar-refractivity contribution in [3.05, 3.63) is 57.9 Å². The Hall–Kier alpha value is -2.16. The number of nitrogens with zero attached hydrogens (tertiary/aromatic N) is 3. The summed E-state index contributed by atoms with van der Waals surface area (Å²) >= 11 is 11.4. The molecule has 1 aliphatic heterocycles. The molecule has 4 rings (SSSR count). The van der Waals surface area contributed by atoms with Crippen LogP contribution in [0.4, 0.5) is 5.69 Å². The van der Waals surface area contributed by atoms with Crippen LogP contribution >= 0.6 is 23.8 Å². The third-order valence-corrected chi connectivity index (χ3v) is 6.32. The SMILES string of the molecule is CS(=O)(=O)c1ccc2c(c1)CCCN2Cn1nc(-c2cccc(Cl)c2)oc1=S. The average molecular weight is 436 g/mol. The van der Waals surface area contributed by atoms with E-state index in [-0.39, 0.29) is 4.84 Å². The lowest BCUT2D eigenvalue weighted by Crippen LogP contribution is -2.32. The zero-order valence-corrected chi connectivity index (χ0v) is 17.5. The number of anilines is 1. The van der Waals surface area contributed by atoms with Crippen LogP contribution in [0.5, 0.6) is 0 Å². The highest BCUT2D eigenvalue weighted by Crippen LogP contribution is 2.30. The van der Waals surface area contributed by atoms with Crippen LogP contribution < -0.4 is 4.90 Å². The zero-order chi connectivity index (χ0) is 19.9. The predicted octanol–water partition coefficient (Wildman–Crippen LogP) is 4.34. The first kappa shape index (κ1) is 19.2. The van der Waals surface area contributed by atoms with E-state index in [0.717, 1.165) is 36.2 Å². The molecule has 0 amide bonds.